The highest BCUT2D eigenvalue weighted by molar-refractivity contribution is 7.90. The molecular formula is C28H19F42N2O8PS2. The van der Waals surface area contributed by atoms with E-state index >= 15 is 0 Å². The number of sulfonamides is 2. The molecule has 10 nitrogen and oxygen atoms in total. The van der Waals surface area contributed by atoms with Gasteiger partial charge in [-0.1, -0.05) is 13.8 Å². The Labute approximate surface area is 427 Å². The lowest BCUT2D eigenvalue weighted by Gasteiger charge is -2.44. The highest BCUT2D eigenvalue weighted by Crippen LogP contribution is 2.69. The molecule has 0 rings (SSSR count). The van der Waals surface area contributed by atoms with E-state index in [1.165, 1.54) is 0 Å². The second-order valence-corrected chi connectivity index (χ2v) is 20.8. The lowest BCUT2D eigenvalue weighted by molar-refractivity contribution is -0.472. The summed E-state index contributed by atoms with van der Waals surface area (Å²) in [5, 5.41) is -16.9. The van der Waals surface area contributed by atoms with Crippen LogP contribution in [0.4, 0.5) is 184 Å². The summed E-state index contributed by atoms with van der Waals surface area (Å²) in [5.41, 5.74) is 0. The van der Waals surface area contributed by atoms with Gasteiger partial charge >= 0.3 is 125 Å². The fourth-order valence-electron chi connectivity index (χ4n) is 5.19. The SMILES string of the molecule is CCN(CCOP(=O)(O)OCCN(CC)S(=O)(=O)C(F)(F)C(F)(F)C(F)(F)C(F)(F)C(F)(F)C(F)(F)C(F)(F)C(F)(F)C(F)(F)C(F)(F)F)S(=O)(=O)C(F)(F)C(F)(F)C(F)(F)C(F)(F)C(F)(F)C(F)(F)C(F)(F)C(F)(F)C(F)(F)C(F)(F)F. The lowest BCUT2D eigenvalue weighted by atomic mass is 9.87. The van der Waals surface area contributed by atoms with Crippen molar-refractivity contribution >= 4 is 27.9 Å². The van der Waals surface area contributed by atoms with Crippen molar-refractivity contribution in [3.05, 3.63) is 0 Å². The normalized spacial score (nSPS) is 16.9. The predicted octanol–water partition coefficient (Wildman–Crippen LogP) is 12.9. The van der Waals surface area contributed by atoms with E-state index < -0.39 is 193 Å². The molecule has 0 aliphatic heterocycles. The van der Waals surface area contributed by atoms with Crippen molar-refractivity contribution in [2.45, 2.75) is 131 Å². The molecule has 0 amide bonds. The van der Waals surface area contributed by atoms with Crippen molar-refractivity contribution in [3.63, 3.8) is 0 Å². The largest absolute Gasteiger partial charge is 0.472 e. The number of halogens is 42. The molecule has 0 aliphatic carbocycles. The first-order valence-corrected chi connectivity index (χ1v) is 23.3. The Hall–Kier alpha value is -3.01. The third kappa shape index (κ3) is 10.9. The fraction of sp³-hybridized carbons (Fsp3) is 1.00. The van der Waals surface area contributed by atoms with Crippen LogP contribution >= 0.6 is 7.82 Å². The van der Waals surface area contributed by atoms with E-state index in [1.807, 2.05) is 0 Å². The van der Waals surface area contributed by atoms with Crippen LogP contribution < -0.4 is 0 Å². The average molecular weight is 1400 g/mol. The molecule has 55 heteroatoms. The summed E-state index contributed by atoms with van der Waals surface area (Å²) in [7, 11) is -23.4. The van der Waals surface area contributed by atoms with Crippen LogP contribution in [-0.4, -0.2) is 187 Å². The smallest absolute Gasteiger partial charge is 0.302 e. The Kier molecular flexibility index (Phi) is 20.9. The summed E-state index contributed by atoms with van der Waals surface area (Å²) in [4.78, 5) is 9.54. The van der Waals surface area contributed by atoms with Gasteiger partial charge in [0, 0.05) is 26.2 Å². The van der Waals surface area contributed by atoms with Gasteiger partial charge in [-0.05, 0) is 0 Å². The Morgan fingerprint density at radius 2 is 0.446 bits per heavy atom. The molecule has 0 aromatic carbocycles. The first-order chi connectivity index (χ1) is 35.3. The van der Waals surface area contributed by atoms with Crippen molar-refractivity contribution in [2.75, 3.05) is 39.4 Å². The molecule has 0 saturated heterocycles. The molecule has 0 heterocycles. The van der Waals surface area contributed by atoms with E-state index in [-0.39, 0.29) is 13.8 Å². The number of hydrogen-bond acceptors (Lipinski definition) is 7. The van der Waals surface area contributed by atoms with Crippen molar-refractivity contribution in [2.24, 2.45) is 0 Å². The third-order valence-corrected chi connectivity index (χ3v) is 15.3. The zero-order valence-corrected chi connectivity index (χ0v) is 40.1. The Bertz CT molecular complexity index is 2410. The van der Waals surface area contributed by atoms with Crippen LogP contribution in [-0.2, 0) is 33.7 Å². The highest BCUT2D eigenvalue weighted by atomic mass is 32.2. The molecule has 0 aromatic rings. The molecule has 0 fully saturated rings. The van der Waals surface area contributed by atoms with E-state index in [2.05, 4.69) is 9.05 Å². The summed E-state index contributed by atoms with van der Waals surface area (Å²) >= 11 is 0. The minimum atomic E-state index is -9.76. The number of hydrogen-bond donors (Lipinski definition) is 1. The number of likely N-dealkylation sites (N-methyl/N-ethyl adjacent to an activating group) is 2. The van der Waals surface area contributed by atoms with Gasteiger partial charge in [-0.25, -0.2) is 21.4 Å². The van der Waals surface area contributed by atoms with Gasteiger partial charge in [0.2, 0.25) is 0 Å². The van der Waals surface area contributed by atoms with Crippen molar-refractivity contribution in [1.29, 1.82) is 0 Å². The quantitative estimate of drug-likeness (QED) is 0.0556. The van der Waals surface area contributed by atoms with Gasteiger partial charge in [0.15, 0.2) is 0 Å². The van der Waals surface area contributed by atoms with Crippen LogP contribution in [0.3, 0.4) is 0 Å². The molecule has 0 bridgehead atoms. The third-order valence-electron chi connectivity index (χ3n) is 10.2. The van der Waals surface area contributed by atoms with Gasteiger partial charge in [0.25, 0.3) is 20.0 Å². The molecule has 500 valence electrons. The average Bonchev–Trinajstić information content (AvgIpc) is 3.26. The molecule has 0 aliphatic rings. The standard InChI is InChI=1S/C28H19F42N2O8PS2/c1-3-71(82(75,76)27(67,68)23(57,58)19(49,50)15(41,42)11(33,34)9(29,30)13(37,38)17(45,46)21(53,54)25(61,62)63)5-7-79-81(73,74)80-8-6-72(4-2)83(77,78)28(69,70)24(59,60)20(51,52)16(43,44)12(35,36)10(31,32)14(39,40)18(47,48)22(55,56)26(64,65)66/h3-8H2,1-2H3,(H,73,74). The second kappa shape index (κ2) is 21.6. The zero-order valence-electron chi connectivity index (χ0n) is 37.6. The summed E-state index contributed by atoms with van der Waals surface area (Å²) in [5.74, 6) is -151. The molecule has 0 aromatic heterocycles. The first-order valence-electron chi connectivity index (χ1n) is 18.9. The number of rotatable bonds is 30. The van der Waals surface area contributed by atoms with Crippen LogP contribution in [0, 0.1) is 0 Å². The van der Waals surface area contributed by atoms with Crippen molar-refractivity contribution in [1.82, 2.24) is 8.61 Å². The maximum absolute atomic E-state index is 14.7. The summed E-state index contributed by atoms with van der Waals surface area (Å²) in [6, 6.07) is 0. The monoisotopic (exact) mass is 1400 g/mol. The van der Waals surface area contributed by atoms with Gasteiger partial charge in [-0.15, -0.1) is 0 Å². The van der Waals surface area contributed by atoms with Crippen LogP contribution in [0.1, 0.15) is 13.8 Å². The van der Waals surface area contributed by atoms with Crippen molar-refractivity contribution in [3.8, 4) is 0 Å². The van der Waals surface area contributed by atoms with Gasteiger partial charge < -0.3 is 4.89 Å². The number of phosphoric ester groups is 1. The molecule has 0 atom stereocenters. The van der Waals surface area contributed by atoms with Crippen LogP contribution in [0.25, 0.3) is 0 Å². The number of nitrogens with zero attached hydrogens (tertiary/aromatic N) is 2. The first kappa shape index (κ1) is 80.0. The van der Waals surface area contributed by atoms with Gasteiger partial charge in [0.1, 0.15) is 0 Å². The second-order valence-electron chi connectivity index (χ2n) is 15.3. The van der Waals surface area contributed by atoms with Crippen LogP contribution in [0.15, 0.2) is 0 Å². The Balaban J connectivity index is 6.91. The van der Waals surface area contributed by atoms with Crippen LogP contribution in [0.2, 0.25) is 0 Å². The van der Waals surface area contributed by atoms with Gasteiger partial charge in [-0.3, -0.25) is 9.05 Å². The van der Waals surface area contributed by atoms with E-state index in [0.29, 0.717) is 0 Å². The number of phosphoric acid groups is 1. The number of alkyl halides is 42. The maximum atomic E-state index is 14.7. The van der Waals surface area contributed by atoms with E-state index in [1.54, 1.807) is 0 Å². The highest BCUT2D eigenvalue weighted by Gasteiger charge is 3.01. The summed E-state index contributed by atoms with van der Waals surface area (Å²) in [6.45, 7) is -14.7. The summed E-state index contributed by atoms with van der Waals surface area (Å²) in [6.07, 6.45) is -16.7. The zero-order chi connectivity index (χ0) is 68.3. The van der Waals surface area contributed by atoms with Crippen LogP contribution in [0.5, 0.6) is 0 Å². The molecule has 83 heavy (non-hydrogen) atoms. The van der Waals surface area contributed by atoms with E-state index in [9.17, 15) is 211 Å². The molecular weight excluding hydrogens is 1390 g/mol. The van der Waals surface area contributed by atoms with Gasteiger partial charge in [-0.2, -0.15) is 193 Å². The molecule has 0 spiro atoms. The topological polar surface area (TPSA) is 131 Å². The van der Waals surface area contributed by atoms with Crippen molar-refractivity contribution < 1.29 is 220 Å². The molecule has 0 radical (unpaired) electrons. The fourth-order valence-corrected chi connectivity index (χ4v) is 8.75. The van der Waals surface area contributed by atoms with E-state index in [4.69, 9.17) is 0 Å². The van der Waals surface area contributed by atoms with E-state index in [0.717, 1.165) is 0 Å². The minimum Gasteiger partial charge on any atom is -0.302 e. The summed E-state index contributed by atoms with van der Waals surface area (Å²) < 4.78 is 642. The van der Waals surface area contributed by atoms with Gasteiger partial charge in [0.05, 0.1) is 13.2 Å². The lowest BCUT2D eigenvalue weighted by Crippen LogP contribution is -2.77. The minimum absolute atomic E-state index is 0.0513. The predicted molar refractivity (Wildman–Crippen MR) is 175 cm³/mol. The Morgan fingerprint density at radius 3 is 0.590 bits per heavy atom. The Morgan fingerprint density at radius 1 is 0.301 bits per heavy atom. The molecule has 1 N–H and O–H groups in total. The maximum Gasteiger partial charge on any atom is 0.472 e. The molecule has 0 saturated carbocycles. The molecule has 0 unspecified atom stereocenters.